The second-order valence-corrected chi connectivity index (χ2v) is 5.74. The lowest BCUT2D eigenvalue weighted by Crippen LogP contribution is -2.30. The minimum absolute atomic E-state index is 0.00546. The number of aliphatic hydroxyl groups is 1. The van der Waals surface area contributed by atoms with Crippen LogP contribution in [0.1, 0.15) is 36.8 Å². The van der Waals surface area contributed by atoms with E-state index in [4.69, 9.17) is 5.11 Å². The van der Waals surface area contributed by atoms with Crippen LogP contribution in [0.25, 0.3) is 0 Å². The lowest BCUT2D eigenvalue weighted by molar-refractivity contribution is -0.140. The molecule has 1 aliphatic carbocycles. The van der Waals surface area contributed by atoms with Crippen molar-refractivity contribution in [1.82, 2.24) is 4.90 Å². The lowest BCUT2D eigenvalue weighted by Gasteiger charge is -2.19. The molecular weight excluding hydrogens is 254 g/mol. The van der Waals surface area contributed by atoms with Crippen LogP contribution in [0.5, 0.6) is 0 Å². The molecule has 1 heterocycles. The highest BCUT2D eigenvalue weighted by molar-refractivity contribution is 6.05. The van der Waals surface area contributed by atoms with Gasteiger partial charge < -0.3 is 5.11 Å². The monoisotopic (exact) mass is 273 g/mol. The Hall–Kier alpha value is -1.68. The fraction of sp³-hybridized carbons (Fsp3) is 0.500. The van der Waals surface area contributed by atoms with Crippen LogP contribution in [0.15, 0.2) is 24.3 Å². The number of aliphatic hydroxyl groups excluding tert-OH is 1. The van der Waals surface area contributed by atoms with Crippen LogP contribution in [0, 0.1) is 11.8 Å². The highest BCUT2D eigenvalue weighted by Gasteiger charge is 2.47. The van der Waals surface area contributed by atoms with Gasteiger partial charge in [0.15, 0.2) is 0 Å². The van der Waals surface area contributed by atoms with Gasteiger partial charge in [-0.15, -0.1) is 0 Å². The summed E-state index contributed by atoms with van der Waals surface area (Å²) < 4.78 is 0. The van der Waals surface area contributed by atoms with Crippen molar-refractivity contribution in [3.63, 3.8) is 0 Å². The van der Waals surface area contributed by atoms with Gasteiger partial charge in [0, 0.05) is 0 Å². The summed E-state index contributed by atoms with van der Waals surface area (Å²) in [6, 6.07) is 7.42. The molecule has 4 heteroatoms. The lowest BCUT2D eigenvalue weighted by atomic mass is 9.81. The summed E-state index contributed by atoms with van der Waals surface area (Å²) in [6.07, 6.45) is 3.80. The van der Waals surface area contributed by atoms with Crippen molar-refractivity contribution in [2.75, 3.05) is 0 Å². The molecule has 0 aromatic heterocycles. The molecule has 2 atom stereocenters. The Bertz CT molecular complexity index is 516. The molecule has 0 radical (unpaired) electrons. The minimum Gasteiger partial charge on any atom is -0.392 e. The molecule has 4 nitrogen and oxygen atoms in total. The predicted octanol–water partition coefficient (Wildman–Crippen LogP) is 1.85. The van der Waals surface area contributed by atoms with Gasteiger partial charge in [0.25, 0.3) is 0 Å². The second kappa shape index (κ2) is 5.37. The molecule has 1 N–H and O–H groups in total. The standard InChI is InChI=1S/C16H19NO3/c18-10-12-5-3-4-11(8-12)9-17-15(19)13-6-1-2-7-14(13)16(17)20/h3-5,8,13-14,18H,1-2,6-7,9-10H2. The van der Waals surface area contributed by atoms with Gasteiger partial charge in [-0.1, -0.05) is 37.1 Å². The number of carbonyl (C=O) groups excluding carboxylic acids is 2. The van der Waals surface area contributed by atoms with Crippen LogP contribution >= 0.6 is 0 Å². The van der Waals surface area contributed by atoms with Crippen LogP contribution in [0.3, 0.4) is 0 Å². The first-order valence-corrected chi connectivity index (χ1v) is 7.24. The maximum absolute atomic E-state index is 12.4. The van der Waals surface area contributed by atoms with Crippen LogP contribution in [0.2, 0.25) is 0 Å². The average Bonchev–Trinajstić information content (AvgIpc) is 2.73. The summed E-state index contributed by atoms with van der Waals surface area (Å²) in [6.45, 7) is 0.305. The molecule has 2 amide bonds. The molecule has 1 saturated carbocycles. The number of rotatable bonds is 3. The quantitative estimate of drug-likeness (QED) is 0.855. The third-order valence-electron chi connectivity index (χ3n) is 4.45. The van der Waals surface area contributed by atoms with Crippen LogP contribution in [0.4, 0.5) is 0 Å². The number of imide groups is 1. The molecule has 1 saturated heterocycles. The third kappa shape index (κ3) is 2.24. The van der Waals surface area contributed by atoms with Gasteiger partial charge in [0.1, 0.15) is 0 Å². The van der Waals surface area contributed by atoms with Crippen molar-refractivity contribution in [3.8, 4) is 0 Å². The maximum Gasteiger partial charge on any atom is 0.233 e. The summed E-state index contributed by atoms with van der Waals surface area (Å²) in [5.74, 6) is -0.183. The van der Waals surface area contributed by atoms with E-state index in [-0.39, 0.29) is 30.3 Å². The van der Waals surface area contributed by atoms with E-state index in [2.05, 4.69) is 0 Å². The number of nitrogens with zero attached hydrogens (tertiary/aromatic N) is 1. The molecule has 106 valence electrons. The smallest absolute Gasteiger partial charge is 0.233 e. The van der Waals surface area contributed by atoms with E-state index in [9.17, 15) is 9.59 Å². The van der Waals surface area contributed by atoms with E-state index in [1.165, 1.54) is 4.90 Å². The molecule has 2 fully saturated rings. The number of benzene rings is 1. The topological polar surface area (TPSA) is 57.6 Å². The average molecular weight is 273 g/mol. The van der Waals surface area contributed by atoms with Gasteiger partial charge in [-0.3, -0.25) is 14.5 Å². The van der Waals surface area contributed by atoms with E-state index in [0.29, 0.717) is 6.54 Å². The Morgan fingerprint density at radius 3 is 2.25 bits per heavy atom. The third-order valence-corrected chi connectivity index (χ3v) is 4.45. The molecule has 0 bridgehead atoms. The van der Waals surface area contributed by atoms with Gasteiger partial charge in [-0.05, 0) is 24.0 Å². The van der Waals surface area contributed by atoms with Crippen LogP contribution in [-0.2, 0) is 22.7 Å². The first-order valence-electron chi connectivity index (χ1n) is 7.24. The van der Waals surface area contributed by atoms with Crippen molar-refractivity contribution >= 4 is 11.8 Å². The largest absolute Gasteiger partial charge is 0.392 e. The second-order valence-electron chi connectivity index (χ2n) is 5.74. The normalized spacial score (nSPS) is 25.9. The molecule has 1 aromatic carbocycles. The van der Waals surface area contributed by atoms with E-state index >= 15 is 0 Å². The summed E-state index contributed by atoms with van der Waals surface area (Å²) >= 11 is 0. The number of hydrogen-bond acceptors (Lipinski definition) is 3. The molecular formula is C16H19NO3. The molecule has 2 unspecified atom stereocenters. The Morgan fingerprint density at radius 2 is 1.65 bits per heavy atom. The van der Waals surface area contributed by atoms with Crippen LogP contribution < -0.4 is 0 Å². The summed E-state index contributed by atoms with van der Waals surface area (Å²) in [5, 5.41) is 9.15. The molecule has 2 aliphatic rings. The van der Waals surface area contributed by atoms with Gasteiger partial charge in [0.2, 0.25) is 11.8 Å². The van der Waals surface area contributed by atoms with E-state index < -0.39 is 0 Å². The maximum atomic E-state index is 12.4. The fourth-order valence-electron chi connectivity index (χ4n) is 3.40. The zero-order valence-electron chi connectivity index (χ0n) is 11.4. The van der Waals surface area contributed by atoms with Crippen molar-refractivity contribution in [2.45, 2.75) is 38.8 Å². The SMILES string of the molecule is O=C1C2CCCCC2C(=O)N1Cc1cccc(CO)c1. The summed E-state index contributed by atoms with van der Waals surface area (Å²) in [4.78, 5) is 26.1. The Balaban J connectivity index is 1.79. The number of fused-ring (bicyclic) bond motifs is 1. The van der Waals surface area contributed by atoms with E-state index in [1.807, 2.05) is 24.3 Å². The fourth-order valence-corrected chi connectivity index (χ4v) is 3.40. The van der Waals surface area contributed by atoms with Gasteiger partial charge >= 0.3 is 0 Å². The van der Waals surface area contributed by atoms with Crippen molar-refractivity contribution in [2.24, 2.45) is 11.8 Å². The summed E-state index contributed by atoms with van der Waals surface area (Å²) in [7, 11) is 0. The molecule has 0 spiro atoms. The Labute approximate surface area is 118 Å². The van der Waals surface area contributed by atoms with Crippen molar-refractivity contribution in [1.29, 1.82) is 0 Å². The zero-order valence-corrected chi connectivity index (χ0v) is 11.4. The predicted molar refractivity (Wildman–Crippen MR) is 73.4 cm³/mol. The number of amides is 2. The highest BCUT2D eigenvalue weighted by Crippen LogP contribution is 2.38. The highest BCUT2D eigenvalue weighted by atomic mass is 16.3. The first kappa shape index (κ1) is 13.3. The van der Waals surface area contributed by atoms with Crippen molar-refractivity contribution in [3.05, 3.63) is 35.4 Å². The Kier molecular flexibility index (Phi) is 3.57. The van der Waals surface area contributed by atoms with Gasteiger partial charge in [-0.2, -0.15) is 0 Å². The van der Waals surface area contributed by atoms with Gasteiger partial charge in [0.05, 0.1) is 25.0 Å². The first-order chi connectivity index (χ1) is 9.70. The van der Waals surface area contributed by atoms with Crippen LogP contribution in [-0.4, -0.2) is 21.8 Å². The minimum atomic E-state index is -0.0859. The van der Waals surface area contributed by atoms with Gasteiger partial charge in [-0.25, -0.2) is 0 Å². The molecule has 1 aliphatic heterocycles. The van der Waals surface area contributed by atoms with E-state index in [1.54, 1.807) is 0 Å². The zero-order chi connectivity index (χ0) is 14.1. The molecule has 3 rings (SSSR count). The Morgan fingerprint density at radius 1 is 1.05 bits per heavy atom. The summed E-state index contributed by atoms with van der Waals surface area (Å²) in [5.41, 5.74) is 1.70. The number of carbonyl (C=O) groups is 2. The number of hydrogen-bond donors (Lipinski definition) is 1. The number of likely N-dealkylation sites (tertiary alicyclic amines) is 1. The van der Waals surface area contributed by atoms with Crippen molar-refractivity contribution < 1.29 is 14.7 Å². The molecule has 1 aromatic rings. The van der Waals surface area contributed by atoms with E-state index in [0.717, 1.165) is 36.8 Å². The molecule has 20 heavy (non-hydrogen) atoms.